The van der Waals surface area contributed by atoms with Crippen LogP contribution in [0.1, 0.15) is 13.8 Å². The highest BCUT2D eigenvalue weighted by atomic mass is 35.5. The fourth-order valence-corrected chi connectivity index (χ4v) is 0.581. The molecular weight excluding hydrogens is 196 g/mol. The predicted molar refractivity (Wildman–Crippen MR) is 50.5 cm³/mol. The highest BCUT2D eigenvalue weighted by Gasteiger charge is 2.17. The molecule has 6 heteroatoms. The number of amides is 1. The van der Waals surface area contributed by atoms with Gasteiger partial charge in [0.2, 0.25) is 5.91 Å². The summed E-state index contributed by atoms with van der Waals surface area (Å²) in [5.41, 5.74) is 5.26. The molecule has 0 heterocycles. The fourth-order valence-electron chi connectivity index (χ4n) is 0.581. The SMILES string of the molecule is COC(=O)[C@@H](C)NC(=O)C(C)N.Cl. The van der Waals surface area contributed by atoms with Crippen LogP contribution in [0, 0.1) is 0 Å². The topological polar surface area (TPSA) is 81.4 Å². The van der Waals surface area contributed by atoms with Gasteiger partial charge in [0.1, 0.15) is 6.04 Å². The molecule has 13 heavy (non-hydrogen) atoms. The lowest BCUT2D eigenvalue weighted by atomic mass is 10.3. The molecule has 0 aromatic rings. The van der Waals surface area contributed by atoms with Crippen molar-refractivity contribution in [3.8, 4) is 0 Å². The van der Waals surface area contributed by atoms with Gasteiger partial charge in [-0.2, -0.15) is 0 Å². The summed E-state index contributed by atoms with van der Waals surface area (Å²) in [5, 5.41) is 2.39. The molecule has 0 spiro atoms. The molecule has 3 N–H and O–H groups in total. The summed E-state index contributed by atoms with van der Waals surface area (Å²) in [5.74, 6) is -0.850. The van der Waals surface area contributed by atoms with Crippen LogP contribution in [0.4, 0.5) is 0 Å². The zero-order chi connectivity index (χ0) is 9.72. The van der Waals surface area contributed by atoms with Crippen LogP contribution in [0.2, 0.25) is 0 Å². The van der Waals surface area contributed by atoms with Crippen molar-refractivity contribution in [3.63, 3.8) is 0 Å². The maximum absolute atomic E-state index is 10.9. The number of rotatable bonds is 3. The van der Waals surface area contributed by atoms with Crippen molar-refractivity contribution in [3.05, 3.63) is 0 Å². The molecular formula is C7H15ClN2O3. The Bertz CT molecular complexity index is 185. The maximum Gasteiger partial charge on any atom is 0.328 e. The Kier molecular flexibility index (Phi) is 7.55. The Labute approximate surface area is 83.4 Å². The van der Waals surface area contributed by atoms with Gasteiger partial charge >= 0.3 is 5.97 Å². The average molecular weight is 211 g/mol. The molecule has 1 amide bonds. The number of hydrogen-bond acceptors (Lipinski definition) is 4. The maximum atomic E-state index is 10.9. The molecule has 1 unspecified atom stereocenters. The number of carbonyl (C=O) groups excluding carboxylic acids is 2. The van der Waals surface area contributed by atoms with Crippen molar-refractivity contribution in [2.24, 2.45) is 5.73 Å². The third-order valence-corrected chi connectivity index (χ3v) is 1.33. The first-order chi connectivity index (χ1) is 5.49. The number of hydrogen-bond donors (Lipinski definition) is 2. The van der Waals surface area contributed by atoms with Crippen LogP contribution in [0.3, 0.4) is 0 Å². The van der Waals surface area contributed by atoms with Crippen molar-refractivity contribution in [1.29, 1.82) is 0 Å². The standard InChI is InChI=1S/C7H14N2O3.ClH/c1-4(8)6(10)9-5(2)7(11)12-3;/h4-5H,8H2,1-3H3,(H,9,10);1H/t4?,5-;/m1./s1. The highest BCUT2D eigenvalue weighted by Crippen LogP contribution is 1.86. The Hall–Kier alpha value is -0.810. The summed E-state index contributed by atoms with van der Waals surface area (Å²) in [6, 6.07) is -1.26. The lowest BCUT2D eigenvalue weighted by Crippen LogP contribution is -2.46. The van der Waals surface area contributed by atoms with Gasteiger partial charge in [0.15, 0.2) is 0 Å². The molecule has 0 radical (unpaired) electrons. The minimum Gasteiger partial charge on any atom is -0.467 e. The number of carbonyl (C=O) groups is 2. The predicted octanol–water partition coefficient (Wildman–Crippen LogP) is -0.567. The molecule has 0 rings (SSSR count). The number of methoxy groups -OCH3 is 1. The van der Waals surface area contributed by atoms with Crippen LogP contribution < -0.4 is 11.1 Å². The normalized spacial score (nSPS) is 13.5. The van der Waals surface area contributed by atoms with Gasteiger partial charge < -0.3 is 15.8 Å². The number of nitrogens with one attached hydrogen (secondary N) is 1. The van der Waals surface area contributed by atoms with Crippen molar-refractivity contribution in [2.75, 3.05) is 7.11 Å². The van der Waals surface area contributed by atoms with Gasteiger partial charge in [-0.05, 0) is 13.8 Å². The number of esters is 1. The van der Waals surface area contributed by atoms with Crippen molar-refractivity contribution >= 4 is 24.3 Å². The van der Waals surface area contributed by atoms with E-state index in [1.165, 1.54) is 14.0 Å². The first-order valence-corrected chi connectivity index (χ1v) is 3.62. The van der Waals surface area contributed by atoms with Crippen LogP contribution in [-0.4, -0.2) is 31.1 Å². The minimum absolute atomic E-state index is 0. The summed E-state index contributed by atoms with van der Waals surface area (Å²) < 4.78 is 4.40. The third-order valence-electron chi connectivity index (χ3n) is 1.33. The van der Waals surface area contributed by atoms with Crippen LogP contribution in [0.5, 0.6) is 0 Å². The van der Waals surface area contributed by atoms with Gasteiger partial charge in [-0.3, -0.25) is 4.79 Å². The molecule has 78 valence electrons. The van der Waals surface area contributed by atoms with E-state index in [4.69, 9.17) is 5.73 Å². The van der Waals surface area contributed by atoms with Crippen molar-refractivity contribution < 1.29 is 14.3 Å². The molecule has 5 nitrogen and oxygen atoms in total. The largest absolute Gasteiger partial charge is 0.467 e. The van der Waals surface area contributed by atoms with E-state index in [2.05, 4.69) is 10.1 Å². The van der Waals surface area contributed by atoms with Crippen LogP contribution in [0.25, 0.3) is 0 Å². The smallest absolute Gasteiger partial charge is 0.328 e. The Balaban J connectivity index is 0. The summed E-state index contributed by atoms with van der Waals surface area (Å²) in [6.07, 6.45) is 0. The summed E-state index contributed by atoms with van der Waals surface area (Å²) in [4.78, 5) is 21.7. The average Bonchev–Trinajstić information content (AvgIpc) is 2.02. The van der Waals surface area contributed by atoms with Crippen LogP contribution in [-0.2, 0) is 14.3 Å². The minimum atomic E-state index is -0.645. The Morgan fingerprint density at radius 1 is 1.38 bits per heavy atom. The molecule has 0 aromatic heterocycles. The lowest BCUT2D eigenvalue weighted by Gasteiger charge is -2.12. The summed E-state index contributed by atoms with van der Waals surface area (Å²) in [6.45, 7) is 3.07. The molecule has 0 aromatic carbocycles. The van der Waals surface area contributed by atoms with E-state index >= 15 is 0 Å². The van der Waals surface area contributed by atoms with E-state index in [0.29, 0.717) is 0 Å². The first-order valence-electron chi connectivity index (χ1n) is 3.62. The van der Waals surface area contributed by atoms with E-state index in [-0.39, 0.29) is 18.3 Å². The Morgan fingerprint density at radius 3 is 2.15 bits per heavy atom. The van der Waals surface area contributed by atoms with Gasteiger partial charge in [0.05, 0.1) is 13.2 Å². The second-order valence-corrected chi connectivity index (χ2v) is 2.54. The van der Waals surface area contributed by atoms with E-state index in [9.17, 15) is 9.59 Å². The molecule has 0 saturated carbocycles. The molecule has 0 fully saturated rings. The second kappa shape index (κ2) is 6.68. The van der Waals surface area contributed by atoms with Gasteiger partial charge in [0, 0.05) is 0 Å². The van der Waals surface area contributed by atoms with E-state index in [0.717, 1.165) is 0 Å². The second-order valence-electron chi connectivity index (χ2n) is 2.54. The van der Waals surface area contributed by atoms with E-state index in [1.54, 1.807) is 6.92 Å². The number of halogens is 1. The molecule has 0 aliphatic carbocycles. The van der Waals surface area contributed by atoms with Crippen molar-refractivity contribution in [1.82, 2.24) is 5.32 Å². The number of ether oxygens (including phenoxy) is 1. The molecule has 0 aliphatic heterocycles. The monoisotopic (exact) mass is 210 g/mol. The van der Waals surface area contributed by atoms with Gasteiger partial charge in [0.25, 0.3) is 0 Å². The van der Waals surface area contributed by atoms with Gasteiger partial charge in [-0.1, -0.05) is 0 Å². The zero-order valence-corrected chi connectivity index (χ0v) is 8.68. The molecule has 0 bridgehead atoms. The lowest BCUT2D eigenvalue weighted by molar-refractivity contribution is -0.144. The fraction of sp³-hybridized carbons (Fsp3) is 0.714. The molecule has 2 atom stereocenters. The number of nitrogens with two attached hydrogens (primary N) is 1. The van der Waals surface area contributed by atoms with Gasteiger partial charge in [-0.25, -0.2) is 4.79 Å². The quantitative estimate of drug-likeness (QED) is 0.612. The molecule has 0 saturated heterocycles. The van der Waals surface area contributed by atoms with Crippen LogP contribution in [0.15, 0.2) is 0 Å². The van der Waals surface area contributed by atoms with E-state index in [1.807, 2.05) is 0 Å². The van der Waals surface area contributed by atoms with Crippen LogP contribution >= 0.6 is 12.4 Å². The highest BCUT2D eigenvalue weighted by molar-refractivity contribution is 5.86. The zero-order valence-electron chi connectivity index (χ0n) is 7.87. The molecule has 0 aliphatic rings. The summed E-state index contributed by atoms with van der Waals surface area (Å²) >= 11 is 0. The summed E-state index contributed by atoms with van der Waals surface area (Å²) in [7, 11) is 1.26. The van der Waals surface area contributed by atoms with Gasteiger partial charge in [-0.15, -0.1) is 12.4 Å². The Morgan fingerprint density at radius 2 is 1.85 bits per heavy atom. The van der Waals surface area contributed by atoms with E-state index < -0.39 is 18.1 Å². The third kappa shape index (κ3) is 5.43. The first kappa shape index (κ1) is 14.7. The van der Waals surface area contributed by atoms with Crippen molar-refractivity contribution in [2.45, 2.75) is 25.9 Å².